The molecule has 1 heterocycles. The summed E-state index contributed by atoms with van der Waals surface area (Å²) in [5, 5.41) is 3.31. The zero-order chi connectivity index (χ0) is 18.5. The van der Waals surface area contributed by atoms with E-state index in [4.69, 9.17) is 21.1 Å². The number of nitrogens with zero attached hydrogens (tertiary/aromatic N) is 2. The summed E-state index contributed by atoms with van der Waals surface area (Å²) in [6, 6.07) is 11.9. The second kappa shape index (κ2) is 7.93. The lowest BCUT2D eigenvalue weighted by molar-refractivity contribution is 0.102. The molecule has 0 saturated carbocycles. The summed E-state index contributed by atoms with van der Waals surface area (Å²) in [7, 11) is 3.44. The van der Waals surface area contributed by atoms with E-state index in [0.29, 0.717) is 34.4 Å². The number of hydrogen-bond acceptors (Lipinski definition) is 4. The number of imidazole rings is 1. The molecule has 0 radical (unpaired) electrons. The SMILES string of the molecule is COc1ccc(Cl)cc1NC(=O)c1ccc(OCc2nccn2C)cc1. The number of carbonyl (C=O) groups is 1. The van der Waals surface area contributed by atoms with Gasteiger partial charge in [0.05, 0.1) is 12.8 Å². The lowest BCUT2D eigenvalue weighted by Gasteiger charge is -2.11. The number of amides is 1. The van der Waals surface area contributed by atoms with Crippen LogP contribution in [0.25, 0.3) is 0 Å². The molecule has 0 unspecified atom stereocenters. The van der Waals surface area contributed by atoms with Crippen LogP contribution in [0.4, 0.5) is 5.69 Å². The van der Waals surface area contributed by atoms with Gasteiger partial charge < -0.3 is 19.4 Å². The van der Waals surface area contributed by atoms with Crippen LogP contribution >= 0.6 is 11.6 Å². The Balaban J connectivity index is 1.65. The number of ether oxygens (including phenoxy) is 2. The van der Waals surface area contributed by atoms with Crippen molar-refractivity contribution in [1.29, 1.82) is 0 Å². The minimum Gasteiger partial charge on any atom is -0.495 e. The van der Waals surface area contributed by atoms with Gasteiger partial charge in [0.15, 0.2) is 0 Å². The first kappa shape index (κ1) is 17.8. The number of hydrogen-bond donors (Lipinski definition) is 1. The third-order valence-electron chi connectivity index (χ3n) is 3.82. The molecule has 0 aliphatic carbocycles. The minimum atomic E-state index is -0.263. The number of benzene rings is 2. The molecule has 3 rings (SSSR count). The van der Waals surface area contributed by atoms with Gasteiger partial charge in [0.25, 0.3) is 5.91 Å². The Bertz CT molecular complexity index is 907. The number of aryl methyl sites for hydroxylation is 1. The largest absolute Gasteiger partial charge is 0.495 e. The fourth-order valence-corrected chi connectivity index (χ4v) is 2.53. The van der Waals surface area contributed by atoms with Gasteiger partial charge in [-0.25, -0.2) is 4.98 Å². The van der Waals surface area contributed by atoms with Crippen molar-refractivity contribution < 1.29 is 14.3 Å². The normalized spacial score (nSPS) is 10.4. The predicted molar refractivity (Wildman–Crippen MR) is 99.9 cm³/mol. The van der Waals surface area contributed by atoms with Crippen LogP contribution in [0.3, 0.4) is 0 Å². The molecule has 0 saturated heterocycles. The van der Waals surface area contributed by atoms with Gasteiger partial charge >= 0.3 is 0 Å². The number of methoxy groups -OCH3 is 1. The Labute approximate surface area is 156 Å². The Morgan fingerprint density at radius 1 is 1.23 bits per heavy atom. The second-order valence-corrected chi connectivity index (χ2v) is 6.00. The molecule has 2 aromatic carbocycles. The quantitative estimate of drug-likeness (QED) is 0.713. The number of anilines is 1. The highest BCUT2D eigenvalue weighted by Gasteiger charge is 2.11. The Morgan fingerprint density at radius 2 is 2.00 bits per heavy atom. The highest BCUT2D eigenvalue weighted by molar-refractivity contribution is 6.31. The molecule has 134 valence electrons. The average molecular weight is 372 g/mol. The first-order valence-electron chi connectivity index (χ1n) is 7.91. The summed E-state index contributed by atoms with van der Waals surface area (Å²) in [5.74, 6) is 1.75. The van der Waals surface area contributed by atoms with Gasteiger partial charge in [0.2, 0.25) is 0 Å². The van der Waals surface area contributed by atoms with Crippen molar-refractivity contribution in [2.75, 3.05) is 12.4 Å². The van der Waals surface area contributed by atoms with Gasteiger partial charge in [-0.2, -0.15) is 0 Å². The van der Waals surface area contributed by atoms with E-state index in [1.807, 2.05) is 17.8 Å². The van der Waals surface area contributed by atoms with Crippen LogP contribution < -0.4 is 14.8 Å². The zero-order valence-corrected chi connectivity index (χ0v) is 15.2. The Morgan fingerprint density at radius 3 is 2.65 bits per heavy atom. The summed E-state index contributed by atoms with van der Waals surface area (Å²) >= 11 is 5.98. The molecule has 0 aliphatic heterocycles. The van der Waals surface area contributed by atoms with E-state index in [2.05, 4.69) is 10.3 Å². The first-order chi connectivity index (χ1) is 12.6. The summed E-state index contributed by atoms with van der Waals surface area (Å²) < 4.78 is 12.8. The van der Waals surface area contributed by atoms with E-state index < -0.39 is 0 Å². The van der Waals surface area contributed by atoms with Crippen molar-refractivity contribution in [2.45, 2.75) is 6.61 Å². The molecule has 0 bridgehead atoms. The summed E-state index contributed by atoms with van der Waals surface area (Å²) in [5.41, 5.74) is 1.01. The summed E-state index contributed by atoms with van der Waals surface area (Å²) in [4.78, 5) is 16.6. The van der Waals surface area contributed by atoms with E-state index in [1.165, 1.54) is 7.11 Å². The number of rotatable bonds is 6. The van der Waals surface area contributed by atoms with Crippen LogP contribution in [-0.2, 0) is 13.7 Å². The van der Waals surface area contributed by atoms with E-state index in [-0.39, 0.29) is 5.91 Å². The standard InChI is InChI=1S/C19H18ClN3O3/c1-23-10-9-21-18(23)12-26-15-6-3-13(4-7-15)19(24)22-16-11-14(20)5-8-17(16)25-2/h3-11H,12H2,1-2H3,(H,22,24). The molecule has 6 nitrogen and oxygen atoms in total. The number of aromatic nitrogens is 2. The highest BCUT2D eigenvalue weighted by atomic mass is 35.5. The van der Waals surface area contributed by atoms with Gasteiger partial charge in [0.1, 0.15) is 23.9 Å². The van der Waals surface area contributed by atoms with Gasteiger partial charge in [-0.1, -0.05) is 11.6 Å². The Hall–Kier alpha value is -2.99. The predicted octanol–water partition coefficient (Wildman–Crippen LogP) is 3.91. The molecule has 0 atom stereocenters. The number of carbonyl (C=O) groups excluding carboxylic acids is 1. The summed E-state index contributed by atoms with van der Waals surface area (Å²) in [6.07, 6.45) is 3.58. The highest BCUT2D eigenvalue weighted by Crippen LogP contribution is 2.28. The molecule has 1 N–H and O–H groups in total. The van der Waals surface area contributed by atoms with Crippen molar-refractivity contribution in [3.63, 3.8) is 0 Å². The van der Waals surface area contributed by atoms with E-state index >= 15 is 0 Å². The topological polar surface area (TPSA) is 65.4 Å². The third kappa shape index (κ3) is 4.15. The van der Waals surface area contributed by atoms with Gasteiger partial charge in [-0.15, -0.1) is 0 Å². The molecule has 1 aromatic heterocycles. The molecule has 1 amide bonds. The van der Waals surface area contributed by atoms with Crippen molar-refractivity contribution in [1.82, 2.24) is 9.55 Å². The molecule has 7 heteroatoms. The number of nitrogens with one attached hydrogen (secondary N) is 1. The lowest BCUT2D eigenvalue weighted by atomic mass is 10.2. The van der Waals surface area contributed by atoms with Crippen LogP contribution in [0.1, 0.15) is 16.2 Å². The van der Waals surface area contributed by atoms with Crippen LogP contribution in [0.15, 0.2) is 54.9 Å². The van der Waals surface area contributed by atoms with Crippen LogP contribution in [0.5, 0.6) is 11.5 Å². The van der Waals surface area contributed by atoms with Crippen molar-refractivity contribution in [3.8, 4) is 11.5 Å². The molecular formula is C19H18ClN3O3. The smallest absolute Gasteiger partial charge is 0.255 e. The first-order valence-corrected chi connectivity index (χ1v) is 8.28. The van der Waals surface area contributed by atoms with Crippen LogP contribution in [-0.4, -0.2) is 22.6 Å². The van der Waals surface area contributed by atoms with Gasteiger partial charge in [-0.3, -0.25) is 4.79 Å². The maximum atomic E-state index is 12.4. The Kier molecular flexibility index (Phi) is 5.43. The van der Waals surface area contributed by atoms with Crippen molar-refractivity contribution in [2.24, 2.45) is 7.05 Å². The van der Waals surface area contributed by atoms with E-state index in [9.17, 15) is 4.79 Å². The number of halogens is 1. The maximum absolute atomic E-state index is 12.4. The molecule has 0 aliphatic rings. The third-order valence-corrected chi connectivity index (χ3v) is 4.05. The van der Waals surface area contributed by atoms with Gasteiger partial charge in [-0.05, 0) is 42.5 Å². The van der Waals surface area contributed by atoms with E-state index in [1.54, 1.807) is 48.7 Å². The second-order valence-electron chi connectivity index (χ2n) is 5.57. The minimum absolute atomic E-state index is 0.263. The average Bonchev–Trinajstić information content (AvgIpc) is 3.05. The fraction of sp³-hybridized carbons (Fsp3) is 0.158. The lowest BCUT2D eigenvalue weighted by Crippen LogP contribution is -2.12. The molecule has 3 aromatic rings. The van der Waals surface area contributed by atoms with Gasteiger partial charge in [0, 0.05) is 30.0 Å². The molecule has 26 heavy (non-hydrogen) atoms. The molecule has 0 fully saturated rings. The molecule has 0 spiro atoms. The van der Waals surface area contributed by atoms with Crippen LogP contribution in [0, 0.1) is 0 Å². The van der Waals surface area contributed by atoms with Crippen molar-refractivity contribution >= 4 is 23.2 Å². The van der Waals surface area contributed by atoms with Crippen LogP contribution in [0.2, 0.25) is 5.02 Å². The zero-order valence-electron chi connectivity index (χ0n) is 14.4. The van der Waals surface area contributed by atoms with Crippen molar-refractivity contribution in [3.05, 3.63) is 71.3 Å². The fourth-order valence-electron chi connectivity index (χ4n) is 2.36. The summed E-state index contributed by atoms with van der Waals surface area (Å²) in [6.45, 7) is 0.356. The monoisotopic (exact) mass is 371 g/mol. The maximum Gasteiger partial charge on any atom is 0.255 e. The van der Waals surface area contributed by atoms with E-state index in [0.717, 1.165) is 5.82 Å². The molecular weight excluding hydrogens is 354 g/mol.